The van der Waals surface area contributed by atoms with Crippen molar-refractivity contribution < 1.29 is 9.26 Å². The molecule has 1 saturated heterocycles. The number of rotatable bonds is 4. The van der Waals surface area contributed by atoms with E-state index in [1.807, 2.05) is 13.8 Å². The summed E-state index contributed by atoms with van der Waals surface area (Å²) < 4.78 is 11.1. The Balaban J connectivity index is 2.11. The second kappa shape index (κ2) is 5.14. The van der Waals surface area contributed by atoms with Crippen LogP contribution in [0.15, 0.2) is 4.52 Å². The lowest BCUT2D eigenvalue weighted by atomic mass is 9.95. The Morgan fingerprint density at radius 3 is 2.94 bits per heavy atom. The number of hydrogen-bond donors (Lipinski definition) is 1. The van der Waals surface area contributed by atoms with Gasteiger partial charge in [-0.2, -0.15) is 4.98 Å². The molecule has 0 radical (unpaired) electrons. The summed E-state index contributed by atoms with van der Waals surface area (Å²) >= 11 is 0. The zero-order valence-electron chi connectivity index (χ0n) is 10.6. The first-order valence-corrected chi connectivity index (χ1v) is 6.34. The van der Waals surface area contributed by atoms with Gasteiger partial charge in [0, 0.05) is 12.5 Å². The van der Waals surface area contributed by atoms with Gasteiger partial charge in [-0.15, -0.1) is 0 Å². The Kier molecular flexibility index (Phi) is 3.79. The lowest BCUT2D eigenvalue weighted by molar-refractivity contribution is -0.0770. The van der Waals surface area contributed by atoms with Crippen molar-refractivity contribution in [3.05, 3.63) is 11.7 Å². The molecule has 0 saturated carbocycles. The minimum Gasteiger partial charge on any atom is -0.367 e. The van der Waals surface area contributed by atoms with E-state index in [-0.39, 0.29) is 11.5 Å². The molecule has 1 aliphatic heterocycles. The fourth-order valence-corrected chi connectivity index (χ4v) is 2.13. The Bertz CT molecular complexity index is 358. The highest BCUT2D eigenvalue weighted by molar-refractivity contribution is 5.02. The van der Waals surface area contributed by atoms with E-state index in [1.165, 1.54) is 0 Å². The van der Waals surface area contributed by atoms with Gasteiger partial charge in [-0.3, -0.25) is 0 Å². The molecule has 5 heteroatoms. The molecule has 0 aliphatic carbocycles. The van der Waals surface area contributed by atoms with Gasteiger partial charge in [0.15, 0.2) is 0 Å². The van der Waals surface area contributed by atoms with Crippen molar-refractivity contribution in [2.24, 2.45) is 5.73 Å². The SMILES string of the molecule is CC(CCN)c1nc(C2(C)CCCCO2)no1. The summed E-state index contributed by atoms with van der Waals surface area (Å²) in [4.78, 5) is 4.47. The molecule has 1 aromatic rings. The van der Waals surface area contributed by atoms with E-state index in [0.717, 1.165) is 32.3 Å². The third kappa shape index (κ3) is 2.66. The van der Waals surface area contributed by atoms with Crippen LogP contribution >= 0.6 is 0 Å². The van der Waals surface area contributed by atoms with Crippen molar-refractivity contribution in [1.82, 2.24) is 10.1 Å². The van der Waals surface area contributed by atoms with Crippen LogP contribution < -0.4 is 5.73 Å². The van der Waals surface area contributed by atoms with Gasteiger partial charge in [0.2, 0.25) is 11.7 Å². The molecular formula is C12H21N3O2. The lowest BCUT2D eigenvalue weighted by Crippen LogP contribution is -2.31. The fraction of sp³-hybridized carbons (Fsp3) is 0.833. The first-order chi connectivity index (χ1) is 8.15. The van der Waals surface area contributed by atoms with E-state index < -0.39 is 0 Å². The van der Waals surface area contributed by atoms with Gasteiger partial charge in [0.1, 0.15) is 5.60 Å². The molecule has 0 bridgehead atoms. The summed E-state index contributed by atoms with van der Waals surface area (Å²) in [6, 6.07) is 0. The van der Waals surface area contributed by atoms with Crippen LogP contribution in [0.5, 0.6) is 0 Å². The molecule has 2 N–H and O–H groups in total. The topological polar surface area (TPSA) is 74.2 Å². The monoisotopic (exact) mass is 239 g/mol. The zero-order chi connectivity index (χ0) is 12.3. The number of nitrogens with two attached hydrogens (primary N) is 1. The predicted octanol–water partition coefficient (Wildman–Crippen LogP) is 1.94. The van der Waals surface area contributed by atoms with Crippen molar-refractivity contribution in [2.75, 3.05) is 13.2 Å². The smallest absolute Gasteiger partial charge is 0.229 e. The van der Waals surface area contributed by atoms with Gasteiger partial charge in [0.25, 0.3) is 0 Å². The summed E-state index contributed by atoms with van der Waals surface area (Å²) in [5.74, 6) is 1.56. The summed E-state index contributed by atoms with van der Waals surface area (Å²) in [5, 5.41) is 4.06. The molecule has 2 rings (SSSR count). The van der Waals surface area contributed by atoms with Gasteiger partial charge in [0.05, 0.1) is 0 Å². The van der Waals surface area contributed by atoms with Crippen LogP contribution in [0.25, 0.3) is 0 Å². The normalized spacial score (nSPS) is 27.0. The van der Waals surface area contributed by atoms with Crippen LogP contribution in [-0.4, -0.2) is 23.3 Å². The summed E-state index contributed by atoms with van der Waals surface area (Å²) in [5.41, 5.74) is 5.16. The van der Waals surface area contributed by atoms with E-state index >= 15 is 0 Å². The van der Waals surface area contributed by atoms with Crippen molar-refractivity contribution >= 4 is 0 Å². The van der Waals surface area contributed by atoms with Crippen LogP contribution in [0.3, 0.4) is 0 Å². The first kappa shape index (κ1) is 12.5. The molecule has 2 unspecified atom stereocenters. The van der Waals surface area contributed by atoms with Crippen LogP contribution in [0.4, 0.5) is 0 Å². The summed E-state index contributed by atoms with van der Waals surface area (Å²) in [6.45, 7) is 5.49. The van der Waals surface area contributed by atoms with E-state index in [9.17, 15) is 0 Å². The molecule has 0 amide bonds. The quantitative estimate of drug-likeness (QED) is 0.869. The molecule has 5 nitrogen and oxygen atoms in total. The van der Waals surface area contributed by atoms with E-state index in [4.69, 9.17) is 15.0 Å². The second-order valence-corrected chi connectivity index (χ2v) is 4.97. The molecule has 2 heterocycles. The average molecular weight is 239 g/mol. The second-order valence-electron chi connectivity index (χ2n) is 4.97. The molecule has 1 aliphatic rings. The standard InChI is InChI=1S/C12H21N3O2/c1-9(5-7-13)10-14-11(15-17-10)12(2)6-3-4-8-16-12/h9H,3-8,13H2,1-2H3. The highest BCUT2D eigenvalue weighted by Crippen LogP contribution is 2.33. The Labute approximate surface area is 102 Å². The van der Waals surface area contributed by atoms with Gasteiger partial charge >= 0.3 is 0 Å². The fourth-order valence-electron chi connectivity index (χ4n) is 2.13. The number of aromatic nitrogens is 2. The van der Waals surface area contributed by atoms with Gasteiger partial charge in [-0.25, -0.2) is 0 Å². The maximum absolute atomic E-state index is 5.79. The maximum Gasteiger partial charge on any atom is 0.229 e. The Morgan fingerprint density at radius 2 is 2.29 bits per heavy atom. The van der Waals surface area contributed by atoms with Gasteiger partial charge < -0.3 is 15.0 Å². The predicted molar refractivity (Wildman–Crippen MR) is 63.5 cm³/mol. The summed E-state index contributed by atoms with van der Waals surface area (Å²) in [7, 11) is 0. The third-order valence-electron chi connectivity index (χ3n) is 3.40. The number of nitrogens with zero attached hydrogens (tertiary/aromatic N) is 2. The van der Waals surface area contributed by atoms with Crippen LogP contribution in [-0.2, 0) is 10.3 Å². The van der Waals surface area contributed by atoms with Gasteiger partial charge in [-0.1, -0.05) is 12.1 Å². The van der Waals surface area contributed by atoms with Crippen LogP contribution in [0.1, 0.15) is 57.2 Å². The first-order valence-electron chi connectivity index (χ1n) is 6.34. The molecule has 96 valence electrons. The molecule has 17 heavy (non-hydrogen) atoms. The molecule has 2 atom stereocenters. The Morgan fingerprint density at radius 1 is 1.47 bits per heavy atom. The molecule has 1 aromatic heterocycles. The number of ether oxygens (including phenoxy) is 1. The minimum absolute atomic E-state index is 0.216. The van der Waals surface area contributed by atoms with E-state index in [1.54, 1.807) is 0 Å². The largest absolute Gasteiger partial charge is 0.367 e. The highest BCUT2D eigenvalue weighted by atomic mass is 16.5. The maximum atomic E-state index is 5.79. The molecule has 0 spiro atoms. The average Bonchev–Trinajstić information content (AvgIpc) is 2.80. The van der Waals surface area contributed by atoms with Gasteiger partial charge in [-0.05, 0) is 39.2 Å². The highest BCUT2D eigenvalue weighted by Gasteiger charge is 2.35. The van der Waals surface area contributed by atoms with Crippen LogP contribution in [0.2, 0.25) is 0 Å². The third-order valence-corrected chi connectivity index (χ3v) is 3.40. The van der Waals surface area contributed by atoms with Crippen molar-refractivity contribution in [2.45, 2.75) is 51.0 Å². The van der Waals surface area contributed by atoms with Crippen molar-refractivity contribution in [3.8, 4) is 0 Å². The van der Waals surface area contributed by atoms with Crippen molar-refractivity contribution in [1.29, 1.82) is 0 Å². The Hall–Kier alpha value is -0.940. The lowest BCUT2D eigenvalue weighted by Gasteiger charge is -2.30. The summed E-state index contributed by atoms with van der Waals surface area (Å²) in [6.07, 6.45) is 4.08. The van der Waals surface area contributed by atoms with Crippen molar-refractivity contribution in [3.63, 3.8) is 0 Å². The minimum atomic E-state index is -0.373. The van der Waals surface area contributed by atoms with E-state index in [2.05, 4.69) is 10.1 Å². The van der Waals surface area contributed by atoms with Crippen LogP contribution in [0, 0.1) is 0 Å². The number of hydrogen-bond acceptors (Lipinski definition) is 5. The zero-order valence-corrected chi connectivity index (χ0v) is 10.6. The molecular weight excluding hydrogens is 218 g/mol. The van der Waals surface area contributed by atoms with E-state index in [0.29, 0.717) is 18.3 Å². The molecule has 1 fully saturated rings. The molecule has 0 aromatic carbocycles.